The van der Waals surface area contributed by atoms with Crippen molar-refractivity contribution in [2.75, 3.05) is 11.1 Å². The van der Waals surface area contributed by atoms with Gasteiger partial charge in [-0.3, -0.25) is 0 Å². The monoisotopic (exact) mass is 190 g/mol. The average molecular weight is 190 g/mol. The zero-order valence-electron chi connectivity index (χ0n) is 8.66. The Hall–Kier alpha value is -1.18. The van der Waals surface area contributed by atoms with Gasteiger partial charge in [0.25, 0.3) is 0 Å². The second-order valence-corrected chi connectivity index (χ2v) is 4.28. The summed E-state index contributed by atoms with van der Waals surface area (Å²) in [5.41, 5.74) is 7.72. The van der Waals surface area contributed by atoms with Gasteiger partial charge in [-0.2, -0.15) is 0 Å². The summed E-state index contributed by atoms with van der Waals surface area (Å²) in [7, 11) is 0. The molecule has 0 amide bonds. The zero-order valence-corrected chi connectivity index (χ0v) is 8.66. The lowest BCUT2D eigenvalue weighted by atomic mass is 10.1. The molecule has 0 aliphatic heterocycles. The summed E-state index contributed by atoms with van der Waals surface area (Å²) in [5, 5.41) is 3.55. The van der Waals surface area contributed by atoms with E-state index in [2.05, 4.69) is 18.3 Å². The molecule has 2 rings (SSSR count). The number of rotatable bonds is 2. The summed E-state index contributed by atoms with van der Waals surface area (Å²) in [6, 6.07) is 8.64. The quantitative estimate of drug-likeness (QED) is 0.704. The highest BCUT2D eigenvalue weighted by Crippen LogP contribution is 2.28. The molecule has 2 atom stereocenters. The van der Waals surface area contributed by atoms with Crippen molar-refractivity contribution in [2.45, 2.75) is 32.2 Å². The lowest BCUT2D eigenvalue weighted by molar-refractivity contribution is 0.556. The average Bonchev–Trinajstić information content (AvgIpc) is 2.52. The molecule has 3 N–H and O–H groups in total. The molecular weight excluding hydrogens is 172 g/mol. The van der Waals surface area contributed by atoms with E-state index in [0.717, 1.165) is 17.3 Å². The highest BCUT2D eigenvalue weighted by Gasteiger charge is 2.22. The standard InChI is InChI=1S/C12H18N2/c1-9-4-2-7-12(9)14-11-6-3-5-10(13)8-11/h3,5-6,8-9,12,14H,2,4,7,13H2,1H3. The summed E-state index contributed by atoms with van der Waals surface area (Å²) in [4.78, 5) is 0. The van der Waals surface area contributed by atoms with Gasteiger partial charge in [0.15, 0.2) is 0 Å². The minimum atomic E-state index is 0.636. The minimum absolute atomic E-state index is 0.636. The van der Waals surface area contributed by atoms with E-state index in [0.29, 0.717) is 6.04 Å². The number of anilines is 2. The Morgan fingerprint density at radius 2 is 2.21 bits per heavy atom. The summed E-state index contributed by atoms with van der Waals surface area (Å²) in [5.74, 6) is 0.788. The molecule has 1 aromatic carbocycles. The van der Waals surface area contributed by atoms with Gasteiger partial charge in [-0.25, -0.2) is 0 Å². The fourth-order valence-corrected chi connectivity index (χ4v) is 2.20. The molecule has 76 valence electrons. The van der Waals surface area contributed by atoms with Gasteiger partial charge in [-0.1, -0.05) is 19.4 Å². The van der Waals surface area contributed by atoms with Crippen LogP contribution >= 0.6 is 0 Å². The number of benzene rings is 1. The van der Waals surface area contributed by atoms with Crippen LogP contribution < -0.4 is 11.1 Å². The van der Waals surface area contributed by atoms with Crippen molar-refractivity contribution in [3.8, 4) is 0 Å². The number of hydrogen-bond donors (Lipinski definition) is 2. The van der Waals surface area contributed by atoms with Gasteiger partial charge in [0.1, 0.15) is 0 Å². The third-order valence-electron chi connectivity index (χ3n) is 3.10. The Balaban J connectivity index is 2.03. The van der Waals surface area contributed by atoms with Gasteiger partial charge >= 0.3 is 0 Å². The number of nitrogens with one attached hydrogen (secondary N) is 1. The van der Waals surface area contributed by atoms with Crippen molar-refractivity contribution in [2.24, 2.45) is 5.92 Å². The molecule has 2 nitrogen and oxygen atoms in total. The van der Waals surface area contributed by atoms with Gasteiger partial charge in [0.05, 0.1) is 0 Å². The maximum atomic E-state index is 5.73. The van der Waals surface area contributed by atoms with Crippen LogP contribution in [0.5, 0.6) is 0 Å². The molecule has 1 aliphatic rings. The van der Waals surface area contributed by atoms with Crippen molar-refractivity contribution in [1.82, 2.24) is 0 Å². The van der Waals surface area contributed by atoms with E-state index >= 15 is 0 Å². The van der Waals surface area contributed by atoms with E-state index in [1.54, 1.807) is 0 Å². The molecule has 1 saturated carbocycles. The fourth-order valence-electron chi connectivity index (χ4n) is 2.20. The number of hydrogen-bond acceptors (Lipinski definition) is 2. The molecule has 0 saturated heterocycles. The largest absolute Gasteiger partial charge is 0.399 e. The van der Waals surface area contributed by atoms with Gasteiger partial charge in [0.2, 0.25) is 0 Å². The van der Waals surface area contributed by atoms with Gasteiger partial charge in [0, 0.05) is 17.4 Å². The molecule has 2 unspecified atom stereocenters. The predicted molar refractivity (Wildman–Crippen MR) is 61.3 cm³/mol. The molecule has 1 aromatic rings. The summed E-state index contributed by atoms with van der Waals surface area (Å²) < 4.78 is 0. The third-order valence-corrected chi connectivity index (χ3v) is 3.10. The molecule has 2 heteroatoms. The van der Waals surface area contributed by atoms with Crippen molar-refractivity contribution in [3.63, 3.8) is 0 Å². The van der Waals surface area contributed by atoms with Crippen LogP contribution in [0.2, 0.25) is 0 Å². The second kappa shape index (κ2) is 3.91. The molecule has 0 radical (unpaired) electrons. The maximum Gasteiger partial charge on any atom is 0.0363 e. The smallest absolute Gasteiger partial charge is 0.0363 e. The molecule has 0 bridgehead atoms. The van der Waals surface area contributed by atoms with Crippen molar-refractivity contribution >= 4 is 11.4 Å². The summed E-state index contributed by atoms with van der Waals surface area (Å²) in [6.45, 7) is 2.32. The Labute approximate surface area is 85.5 Å². The van der Waals surface area contributed by atoms with E-state index in [1.807, 2.05) is 18.2 Å². The first-order chi connectivity index (χ1) is 6.75. The van der Waals surface area contributed by atoms with Crippen molar-refractivity contribution < 1.29 is 0 Å². The summed E-state index contributed by atoms with van der Waals surface area (Å²) >= 11 is 0. The normalized spacial score (nSPS) is 26.4. The Morgan fingerprint density at radius 1 is 1.36 bits per heavy atom. The first-order valence-electron chi connectivity index (χ1n) is 5.38. The van der Waals surface area contributed by atoms with Gasteiger partial charge in [-0.15, -0.1) is 0 Å². The van der Waals surface area contributed by atoms with Crippen LogP contribution in [0.4, 0.5) is 11.4 Å². The van der Waals surface area contributed by atoms with Crippen LogP contribution in [-0.4, -0.2) is 6.04 Å². The molecule has 1 fully saturated rings. The predicted octanol–water partition coefficient (Wildman–Crippen LogP) is 2.87. The van der Waals surface area contributed by atoms with Crippen LogP contribution in [0, 0.1) is 5.92 Å². The van der Waals surface area contributed by atoms with Crippen molar-refractivity contribution in [3.05, 3.63) is 24.3 Å². The molecule has 0 aromatic heterocycles. The van der Waals surface area contributed by atoms with Crippen LogP contribution in [-0.2, 0) is 0 Å². The lowest BCUT2D eigenvalue weighted by Gasteiger charge is -2.18. The lowest BCUT2D eigenvalue weighted by Crippen LogP contribution is -2.21. The van der Waals surface area contributed by atoms with E-state index in [-0.39, 0.29) is 0 Å². The zero-order chi connectivity index (χ0) is 9.97. The molecule has 1 aliphatic carbocycles. The topological polar surface area (TPSA) is 38.0 Å². The molecule has 0 spiro atoms. The molecular formula is C12H18N2. The van der Waals surface area contributed by atoms with E-state index in [1.165, 1.54) is 19.3 Å². The number of nitrogens with two attached hydrogens (primary N) is 1. The van der Waals surface area contributed by atoms with Crippen LogP contribution in [0.15, 0.2) is 24.3 Å². The van der Waals surface area contributed by atoms with Gasteiger partial charge in [-0.05, 0) is 37.0 Å². The minimum Gasteiger partial charge on any atom is -0.399 e. The van der Waals surface area contributed by atoms with Gasteiger partial charge < -0.3 is 11.1 Å². The highest BCUT2D eigenvalue weighted by atomic mass is 14.9. The molecule has 14 heavy (non-hydrogen) atoms. The Morgan fingerprint density at radius 3 is 2.86 bits per heavy atom. The Bertz CT molecular complexity index is 309. The fraction of sp³-hybridized carbons (Fsp3) is 0.500. The van der Waals surface area contributed by atoms with Crippen molar-refractivity contribution in [1.29, 1.82) is 0 Å². The van der Waals surface area contributed by atoms with E-state index in [4.69, 9.17) is 5.73 Å². The van der Waals surface area contributed by atoms with E-state index < -0.39 is 0 Å². The van der Waals surface area contributed by atoms with Crippen LogP contribution in [0.3, 0.4) is 0 Å². The maximum absolute atomic E-state index is 5.73. The highest BCUT2D eigenvalue weighted by molar-refractivity contribution is 5.54. The van der Waals surface area contributed by atoms with Crippen LogP contribution in [0.25, 0.3) is 0 Å². The first kappa shape index (κ1) is 9.38. The summed E-state index contributed by atoms with van der Waals surface area (Å²) in [6.07, 6.45) is 3.98. The third kappa shape index (κ3) is 2.00. The Kier molecular flexibility index (Phi) is 2.62. The van der Waals surface area contributed by atoms with Crippen LogP contribution in [0.1, 0.15) is 26.2 Å². The first-order valence-corrected chi connectivity index (χ1v) is 5.38. The number of nitrogen functional groups attached to an aromatic ring is 1. The molecule has 0 heterocycles. The van der Waals surface area contributed by atoms with E-state index in [9.17, 15) is 0 Å². The SMILES string of the molecule is CC1CCCC1Nc1cccc(N)c1. The second-order valence-electron chi connectivity index (χ2n) is 4.28.